The van der Waals surface area contributed by atoms with Gasteiger partial charge in [-0.25, -0.2) is 4.98 Å². The molecule has 1 aromatic heterocycles. The van der Waals surface area contributed by atoms with Crippen LogP contribution in [0.15, 0.2) is 42.6 Å². The fourth-order valence-corrected chi connectivity index (χ4v) is 2.95. The van der Waals surface area contributed by atoms with Gasteiger partial charge < -0.3 is 10.2 Å². The molecule has 2 heterocycles. The van der Waals surface area contributed by atoms with E-state index in [4.69, 9.17) is 0 Å². The van der Waals surface area contributed by atoms with Crippen molar-refractivity contribution in [1.29, 1.82) is 0 Å². The summed E-state index contributed by atoms with van der Waals surface area (Å²) in [7, 11) is 0. The van der Waals surface area contributed by atoms with Crippen molar-refractivity contribution in [3.05, 3.63) is 59.3 Å². The normalized spacial score (nSPS) is 14.5. The highest BCUT2D eigenvalue weighted by molar-refractivity contribution is 5.78. The minimum Gasteiger partial charge on any atom is -0.357 e. The number of amides is 1. The number of hydrogen-bond donors (Lipinski definition) is 1. The monoisotopic (exact) mass is 363 g/mol. The van der Waals surface area contributed by atoms with E-state index in [1.165, 1.54) is 12.1 Å². The number of alkyl halides is 3. The second-order valence-corrected chi connectivity index (χ2v) is 6.36. The molecule has 0 aliphatic carbocycles. The van der Waals surface area contributed by atoms with Gasteiger partial charge in [0.25, 0.3) is 0 Å². The topological polar surface area (TPSA) is 45.2 Å². The maximum absolute atomic E-state index is 12.5. The lowest BCUT2D eigenvalue weighted by Gasteiger charge is -2.17. The maximum atomic E-state index is 12.5. The first-order valence-electron chi connectivity index (χ1n) is 8.54. The third-order valence-electron chi connectivity index (χ3n) is 4.38. The van der Waals surface area contributed by atoms with Crippen LogP contribution in [-0.4, -0.2) is 24.0 Å². The summed E-state index contributed by atoms with van der Waals surface area (Å²) in [6.07, 6.45) is -0.270. The highest BCUT2D eigenvalue weighted by Crippen LogP contribution is 2.29. The summed E-state index contributed by atoms with van der Waals surface area (Å²) in [4.78, 5) is 18.6. The van der Waals surface area contributed by atoms with Crippen LogP contribution in [0.5, 0.6) is 0 Å². The first-order chi connectivity index (χ1) is 12.4. The lowest BCUT2D eigenvalue weighted by Crippen LogP contribution is -2.25. The van der Waals surface area contributed by atoms with E-state index in [0.717, 1.165) is 49.4 Å². The molecule has 138 valence electrons. The molecule has 1 aromatic carbocycles. The van der Waals surface area contributed by atoms with E-state index in [1.807, 2.05) is 12.1 Å². The highest BCUT2D eigenvalue weighted by Gasteiger charge is 2.29. The fourth-order valence-electron chi connectivity index (χ4n) is 2.95. The fraction of sp³-hybridized carbons (Fsp3) is 0.368. The lowest BCUT2D eigenvalue weighted by molar-refractivity contribution is -0.137. The average molecular weight is 363 g/mol. The number of anilines is 1. The van der Waals surface area contributed by atoms with Crippen LogP contribution in [0.4, 0.5) is 19.0 Å². The van der Waals surface area contributed by atoms with Crippen LogP contribution in [0.2, 0.25) is 0 Å². The van der Waals surface area contributed by atoms with Gasteiger partial charge in [0.15, 0.2) is 0 Å². The van der Waals surface area contributed by atoms with Crippen molar-refractivity contribution in [2.75, 3.05) is 18.0 Å². The molecule has 1 N–H and O–H groups in total. The van der Waals surface area contributed by atoms with Gasteiger partial charge in [0.05, 0.1) is 12.0 Å². The van der Waals surface area contributed by atoms with E-state index >= 15 is 0 Å². The maximum Gasteiger partial charge on any atom is 0.416 e. The highest BCUT2D eigenvalue weighted by atomic mass is 19.4. The molecule has 0 bridgehead atoms. The molecule has 1 aliphatic heterocycles. The smallest absolute Gasteiger partial charge is 0.357 e. The molecule has 0 atom stereocenters. The second-order valence-electron chi connectivity index (χ2n) is 6.36. The summed E-state index contributed by atoms with van der Waals surface area (Å²) < 4.78 is 37.6. The first-order valence-corrected chi connectivity index (χ1v) is 8.54. The molecule has 0 spiro atoms. The zero-order valence-corrected chi connectivity index (χ0v) is 14.2. The van der Waals surface area contributed by atoms with Crippen LogP contribution in [-0.2, 0) is 23.9 Å². The number of pyridine rings is 1. The quantitative estimate of drug-likeness (QED) is 0.884. The summed E-state index contributed by atoms with van der Waals surface area (Å²) in [5, 5.41) is 2.80. The molecule has 1 amide bonds. The molecule has 4 nitrogen and oxygen atoms in total. The van der Waals surface area contributed by atoms with E-state index in [2.05, 4.69) is 15.2 Å². The van der Waals surface area contributed by atoms with Crippen molar-refractivity contribution in [3.63, 3.8) is 0 Å². The Kier molecular flexibility index (Phi) is 5.44. The molecule has 1 saturated heterocycles. The molecular weight excluding hydrogens is 343 g/mol. The summed E-state index contributed by atoms with van der Waals surface area (Å²) in [6, 6.07) is 8.46. The first kappa shape index (κ1) is 18.2. The third-order valence-corrected chi connectivity index (χ3v) is 4.38. The number of halogens is 3. The SMILES string of the molecule is O=C(Cc1ccc(C(F)(F)F)cc1)NCc1ccnc(N2CCCC2)c1. The summed E-state index contributed by atoms with van der Waals surface area (Å²) in [5.41, 5.74) is 0.776. The molecule has 7 heteroatoms. The number of rotatable bonds is 5. The molecule has 0 radical (unpaired) electrons. The minimum absolute atomic E-state index is 0.0439. The van der Waals surface area contributed by atoms with Gasteiger partial charge in [-0.2, -0.15) is 13.2 Å². The number of benzene rings is 1. The Balaban J connectivity index is 1.53. The van der Waals surface area contributed by atoms with Gasteiger partial charge in [0, 0.05) is 25.8 Å². The van der Waals surface area contributed by atoms with E-state index in [9.17, 15) is 18.0 Å². The largest absolute Gasteiger partial charge is 0.416 e. The van der Waals surface area contributed by atoms with Crippen molar-refractivity contribution in [2.45, 2.75) is 32.0 Å². The van der Waals surface area contributed by atoms with E-state index < -0.39 is 11.7 Å². The number of carbonyl (C=O) groups is 1. The predicted molar refractivity (Wildman–Crippen MR) is 92.7 cm³/mol. The van der Waals surface area contributed by atoms with Crippen LogP contribution in [0.25, 0.3) is 0 Å². The number of aromatic nitrogens is 1. The van der Waals surface area contributed by atoms with Crippen molar-refractivity contribution in [3.8, 4) is 0 Å². The van der Waals surface area contributed by atoms with Crippen LogP contribution < -0.4 is 10.2 Å². The summed E-state index contributed by atoms with van der Waals surface area (Å²) >= 11 is 0. The molecule has 2 aromatic rings. The second kappa shape index (κ2) is 7.76. The van der Waals surface area contributed by atoms with Crippen LogP contribution in [0.3, 0.4) is 0 Å². The molecule has 26 heavy (non-hydrogen) atoms. The van der Waals surface area contributed by atoms with Gasteiger partial charge in [0.1, 0.15) is 5.82 Å². The minimum atomic E-state index is -4.37. The zero-order chi connectivity index (χ0) is 18.6. The molecule has 1 aliphatic rings. The van der Waals surface area contributed by atoms with E-state index in [1.54, 1.807) is 6.20 Å². The molecule has 0 unspecified atom stereocenters. The number of nitrogens with zero attached hydrogens (tertiary/aromatic N) is 2. The van der Waals surface area contributed by atoms with Crippen molar-refractivity contribution in [1.82, 2.24) is 10.3 Å². The summed E-state index contributed by atoms with van der Waals surface area (Å²) in [5.74, 6) is 0.682. The average Bonchev–Trinajstić information content (AvgIpc) is 3.15. The Morgan fingerprint density at radius 3 is 2.42 bits per heavy atom. The van der Waals surface area contributed by atoms with Crippen LogP contribution in [0, 0.1) is 0 Å². The molecule has 1 fully saturated rings. The Bertz CT molecular complexity index is 753. The van der Waals surface area contributed by atoms with Crippen LogP contribution in [0.1, 0.15) is 29.5 Å². The Morgan fingerprint density at radius 1 is 1.08 bits per heavy atom. The predicted octanol–water partition coefficient (Wildman–Crippen LogP) is 3.56. The van der Waals surface area contributed by atoms with Gasteiger partial charge in [-0.3, -0.25) is 4.79 Å². The third kappa shape index (κ3) is 4.74. The van der Waals surface area contributed by atoms with Crippen molar-refractivity contribution >= 4 is 11.7 Å². The van der Waals surface area contributed by atoms with Gasteiger partial charge in [-0.15, -0.1) is 0 Å². The number of nitrogens with one attached hydrogen (secondary N) is 1. The molecule has 0 saturated carbocycles. The lowest BCUT2D eigenvalue weighted by atomic mass is 10.1. The zero-order valence-electron chi connectivity index (χ0n) is 14.2. The molecular formula is C19H20F3N3O. The van der Waals surface area contributed by atoms with Gasteiger partial charge >= 0.3 is 6.18 Å². The summed E-state index contributed by atoms with van der Waals surface area (Å²) in [6.45, 7) is 2.36. The van der Waals surface area contributed by atoms with Gasteiger partial charge in [0.2, 0.25) is 5.91 Å². The number of hydrogen-bond acceptors (Lipinski definition) is 3. The number of carbonyl (C=O) groups excluding carboxylic acids is 1. The van der Waals surface area contributed by atoms with Crippen molar-refractivity contribution in [2.24, 2.45) is 0 Å². The Labute approximate surface area is 150 Å². The standard InChI is InChI=1S/C19H20F3N3O/c20-19(21,22)16-5-3-14(4-6-16)12-18(26)24-13-15-7-8-23-17(11-15)25-9-1-2-10-25/h3-8,11H,1-2,9-10,12-13H2,(H,24,26). The van der Waals surface area contributed by atoms with Crippen molar-refractivity contribution < 1.29 is 18.0 Å². The van der Waals surface area contributed by atoms with Gasteiger partial charge in [-0.05, 0) is 48.2 Å². The van der Waals surface area contributed by atoms with E-state index in [-0.39, 0.29) is 12.3 Å². The van der Waals surface area contributed by atoms with Gasteiger partial charge in [-0.1, -0.05) is 12.1 Å². The Morgan fingerprint density at radius 2 is 1.77 bits per heavy atom. The molecule has 3 rings (SSSR count). The Hall–Kier alpha value is -2.57. The van der Waals surface area contributed by atoms with E-state index in [0.29, 0.717) is 12.1 Å². The van der Waals surface area contributed by atoms with Crippen LogP contribution >= 0.6 is 0 Å².